The monoisotopic (exact) mass is 332 g/mol. The van der Waals surface area contributed by atoms with E-state index < -0.39 is 0 Å². The number of tetrazole rings is 1. The van der Waals surface area contributed by atoms with Gasteiger partial charge < -0.3 is 4.90 Å². The standard InChI is InChI=1S/C15H20N6OS/c22-15(14-13(5-9-23-14)21-11-16-17-18-21)20-8-3-4-12(10-20)19-6-1-2-7-19/h5,9,11-12H,1-4,6-8,10H2. The Labute approximate surface area is 138 Å². The summed E-state index contributed by atoms with van der Waals surface area (Å²) in [5.41, 5.74) is 0.772. The van der Waals surface area contributed by atoms with Crippen molar-refractivity contribution in [1.29, 1.82) is 0 Å². The highest BCUT2D eigenvalue weighted by atomic mass is 32.1. The van der Waals surface area contributed by atoms with Gasteiger partial charge in [0, 0.05) is 19.1 Å². The minimum absolute atomic E-state index is 0.106. The molecule has 0 spiro atoms. The van der Waals surface area contributed by atoms with E-state index in [0.29, 0.717) is 6.04 Å². The smallest absolute Gasteiger partial charge is 0.266 e. The van der Waals surface area contributed by atoms with Crippen LogP contribution in [0, 0.1) is 0 Å². The lowest BCUT2D eigenvalue weighted by atomic mass is 10.0. The second-order valence-electron chi connectivity index (χ2n) is 6.18. The summed E-state index contributed by atoms with van der Waals surface area (Å²) >= 11 is 1.46. The number of amides is 1. The highest BCUT2D eigenvalue weighted by Gasteiger charge is 2.31. The number of hydrogen-bond acceptors (Lipinski definition) is 6. The second kappa shape index (κ2) is 6.37. The van der Waals surface area contributed by atoms with Gasteiger partial charge in [0.1, 0.15) is 11.2 Å². The molecule has 1 amide bonds. The number of piperidine rings is 1. The molecule has 4 heterocycles. The maximum absolute atomic E-state index is 13.0. The SMILES string of the molecule is O=C(c1sccc1-n1cnnn1)N1CCCC(N2CCCC2)C1. The van der Waals surface area contributed by atoms with Crippen LogP contribution in [-0.2, 0) is 0 Å². The third-order valence-electron chi connectivity index (χ3n) is 4.78. The number of thiophene rings is 1. The van der Waals surface area contributed by atoms with Crippen LogP contribution in [-0.4, -0.2) is 68.1 Å². The number of aromatic nitrogens is 4. The fourth-order valence-electron chi connectivity index (χ4n) is 3.60. The molecule has 0 saturated carbocycles. The summed E-state index contributed by atoms with van der Waals surface area (Å²) in [6.45, 7) is 4.05. The van der Waals surface area contributed by atoms with Crippen molar-refractivity contribution in [2.45, 2.75) is 31.7 Å². The Hall–Kier alpha value is -1.80. The van der Waals surface area contributed by atoms with Crippen LogP contribution in [0.15, 0.2) is 17.8 Å². The van der Waals surface area contributed by atoms with E-state index in [9.17, 15) is 4.79 Å². The Kier molecular flexibility index (Phi) is 4.09. The quantitative estimate of drug-likeness (QED) is 0.850. The normalized spacial score (nSPS) is 22.6. The molecular weight excluding hydrogens is 312 g/mol. The van der Waals surface area contributed by atoms with Crippen LogP contribution in [0.3, 0.4) is 0 Å². The summed E-state index contributed by atoms with van der Waals surface area (Å²) < 4.78 is 1.56. The highest BCUT2D eigenvalue weighted by Crippen LogP contribution is 2.26. The molecular formula is C15H20N6OS. The lowest BCUT2D eigenvalue weighted by Crippen LogP contribution is -2.48. The van der Waals surface area contributed by atoms with Gasteiger partial charge in [-0.05, 0) is 60.6 Å². The minimum Gasteiger partial charge on any atom is -0.336 e. The molecule has 1 atom stereocenters. The molecule has 0 radical (unpaired) electrons. The molecule has 2 aliphatic rings. The average molecular weight is 332 g/mol. The van der Waals surface area contributed by atoms with Crippen molar-refractivity contribution in [2.24, 2.45) is 0 Å². The number of nitrogens with zero attached hydrogens (tertiary/aromatic N) is 6. The van der Waals surface area contributed by atoms with Crippen LogP contribution < -0.4 is 0 Å². The number of carbonyl (C=O) groups excluding carboxylic acids is 1. The van der Waals surface area contributed by atoms with Crippen LogP contribution in [0.2, 0.25) is 0 Å². The van der Waals surface area contributed by atoms with Crippen molar-refractivity contribution in [2.75, 3.05) is 26.2 Å². The lowest BCUT2D eigenvalue weighted by molar-refractivity contribution is 0.0612. The molecule has 8 heteroatoms. The second-order valence-corrected chi connectivity index (χ2v) is 7.10. The Morgan fingerprint density at radius 1 is 1.22 bits per heavy atom. The summed E-state index contributed by atoms with van der Waals surface area (Å²) in [4.78, 5) is 18.3. The number of carbonyl (C=O) groups is 1. The molecule has 0 bridgehead atoms. The summed E-state index contributed by atoms with van der Waals surface area (Å²) in [5.74, 6) is 0.106. The Bertz CT molecular complexity index is 663. The van der Waals surface area contributed by atoms with Gasteiger partial charge in [0.2, 0.25) is 0 Å². The minimum atomic E-state index is 0.106. The Morgan fingerprint density at radius 3 is 2.87 bits per heavy atom. The maximum Gasteiger partial charge on any atom is 0.266 e. The van der Waals surface area contributed by atoms with Gasteiger partial charge in [0.15, 0.2) is 0 Å². The zero-order valence-corrected chi connectivity index (χ0v) is 13.8. The third kappa shape index (κ3) is 2.88. The first kappa shape index (κ1) is 14.8. The molecule has 4 rings (SSSR count). The maximum atomic E-state index is 13.0. The van der Waals surface area contributed by atoms with E-state index in [-0.39, 0.29) is 5.91 Å². The molecule has 1 unspecified atom stereocenters. The molecule has 2 aromatic heterocycles. The first-order valence-electron chi connectivity index (χ1n) is 8.17. The fraction of sp³-hybridized carbons (Fsp3) is 0.600. The zero-order valence-electron chi connectivity index (χ0n) is 13.0. The molecule has 2 aliphatic heterocycles. The van der Waals surface area contributed by atoms with E-state index in [4.69, 9.17) is 0 Å². The van der Waals surface area contributed by atoms with Gasteiger partial charge in [0.25, 0.3) is 5.91 Å². The van der Waals surface area contributed by atoms with Crippen LogP contribution in [0.4, 0.5) is 0 Å². The van der Waals surface area contributed by atoms with Gasteiger partial charge >= 0.3 is 0 Å². The van der Waals surface area contributed by atoms with Gasteiger partial charge in [-0.15, -0.1) is 16.4 Å². The summed E-state index contributed by atoms with van der Waals surface area (Å²) in [7, 11) is 0. The van der Waals surface area contributed by atoms with E-state index >= 15 is 0 Å². The van der Waals surface area contributed by atoms with Crippen molar-refractivity contribution >= 4 is 17.2 Å². The predicted molar refractivity (Wildman–Crippen MR) is 86.8 cm³/mol. The largest absolute Gasteiger partial charge is 0.336 e. The molecule has 23 heavy (non-hydrogen) atoms. The summed E-state index contributed by atoms with van der Waals surface area (Å²) in [6, 6.07) is 2.42. The number of hydrogen-bond donors (Lipinski definition) is 0. The van der Waals surface area contributed by atoms with Crippen molar-refractivity contribution in [3.63, 3.8) is 0 Å². The zero-order chi connectivity index (χ0) is 15.6. The highest BCUT2D eigenvalue weighted by molar-refractivity contribution is 7.12. The van der Waals surface area contributed by atoms with Gasteiger partial charge in [-0.3, -0.25) is 9.69 Å². The van der Waals surface area contributed by atoms with Gasteiger partial charge in [0.05, 0.1) is 5.69 Å². The van der Waals surface area contributed by atoms with Crippen molar-refractivity contribution in [3.8, 4) is 5.69 Å². The van der Waals surface area contributed by atoms with E-state index in [1.165, 1.54) is 50.0 Å². The summed E-state index contributed by atoms with van der Waals surface area (Å²) in [6.07, 6.45) is 6.40. The van der Waals surface area contributed by atoms with E-state index in [1.807, 2.05) is 16.3 Å². The fourth-order valence-corrected chi connectivity index (χ4v) is 4.45. The first-order valence-corrected chi connectivity index (χ1v) is 9.05. The average Bonchev–Trinajstić information content (AvgIpc) is 3.35. The predicted octanol–water partition coefficient (Wildman–Crippen LogP) is 1.42. The van der Waals surface area contributed by atoms with Crippen molar-refractivity contribution in [3.05, 3.63) is 22.7 Å². The Morgan fingerprint density at radius 2 is 2.09 bits per heavy atom. The molecule has 2 saturated heterocycles. The van der Waals surface area contributed by atoms with Crippen LogP contribution in [0.25, 0.3) is 5.69 Å². The molecule has 122 valence electrons. The van der Waals surface area contributed by atoms with Crippen LogP contribution in [0.1, 0.15) is 35.4 Å². The first-order chi connectivity index (χ1) is 11.3. The van der Waals surface area contributed by atoms with E-state index in [2.05, 4.69) is 20.4 Å². The van der Waals surface area contributed by atoms with E-state index in [0.717, 1.165) is 30.1 Å². The third-order valence-corrected chi connectivity index (χ3v) is 5.67. The van der Waals surface area contributed by atoms with Crippen molar-refractivity contribution in [1.82, 2.24) is 30.0 Å². The van der Waals surface area contributed by atoms with Gasteiger partial charge in [-0.2, -0.15) is 4.68 Å². The molecule has 7 nitrogen and oxygen atoms in total. The topological polar surface area (TPSA) is 67.2 Å². The molecule has 0 aliphatic carbocycles. The molecule has 0 N–H and O–H groups in total. The van der Waals surface area contributed by atoms with Gasteiger partial charge in [-0.1, -0.05) is 0 Å². The molecule has 2 aromatic rings. The summed E-state index contributed by atoms with van der Waals surface area (Å²) in [5, 5.41) is 13.2. The number of likely N-dealkylation sites (tertiary alicyclic amines) is 2. The van der Waals surface area contributed by atoms with Gasteiger partial charge in [-0.25, -0.2) is 0 Å². The lowest BCUT2D eigenvalue weighted by Gasteiger charge is -2.37. The molecule has 0 aromatic carbocycles. The Balaban J connectivity index is 1.51. The van der Waals surface area contributed by atoms with Crippen molar-refractivity contribution < 1.29 is 4.79 Å². The molecule has 2 fully saturated rings. The number of rotatable bonds is 3. The van der Waals surface area contributed by atoms with Crippen LogP contribution >= 0.6 is 11.3 Å². The van der Waals surface area contributed by atoms with E-state index in [1.54, 1.807) is 4.68 Å². The van der Waals surface area contributed by atoms with Crippen LogP contribution in [0.5, 0.6) is 0 Å².